The first-order chi connectivity index (χ1) is 11.5. The summed E-state index contributed by atoms with van der Waals surface area (Å²) in [7, 11) is 0. The van der Waals surface area contributed by atoms with E-state index in [0.29, 0.717) is 31.0 Å². The Labute approximate surface area is 140 Å². The molecule has 3 rings (SSSR count). The second kappa shape index (κ2) is 6.90. The van der Waals surface area contributed by atoms with Crippen LogP contribution in [-0.4, -0.2) is 33.9 Å². The average Bonchev–Trinajstić information content (AvgIpc) is 2.92. The van der Waals surface area contributed by atoms with Crippen molar-refractivity contribution < 1.29 is 13.9 Å². The lowest BCUT2D eigenvalue weighted by Gasteiger charge is -2.20. The molecule has 2 amide bonds. The summed E-state index contributed by atoms with van der Waals surface area (Å²) in [4.78, 5) is 13.9. The Bertz CT molecular complexity index is 729. The van der Waals surface area contributed by atoms with Crippen molar-refractivity contribution in [3.05, 3.63) is 47.5 Å². The number of benzene rings is 1. The molecule has 0 atom stereocenters. The van der Waals surface area contributed by atoms with Gasteiger partial charge in [-0.1, -0.05) is 6.07 Å². The normalized spacial score (nSPS) is 14.1. The van der Waals surface area contributed by atoms with Gasteiger partial charge in [-0.25, -0.2) is 9.18 Å². The van der Waals surface area contributed by atoms with Gasteiger partial charge < -0.3 is 15.0 Å². The van der Waals surface area contributed by atoms with Crippen LogP contribution in [0.4, 0.5) is 9.18 Å². The van der Waals surface area contributed by atoms with E-state index < -0.39 is 0 Å². The zero-order valence-electron chi connectivity index (χ0n) is 13.8. The number of nitrogens with one attached hydrogen (secondary N) is 1. The summed E-state index contributed by atoms with van der Waals surface area (Å²) in [5.41, 5.74) is 1.20. The van der Waals surface area contributed by atoms with Gasteiger partial charge in [0.05, 0.1) is 25.3 Å². The molecule has 0 saturated heterocycles. The number of ether oxygens (including phenoxy) is 1. The number of amides is 2. The first-order valence-electron chi connectivity index (χ1n) is 8.01. The van der Waals surface area contributed by atoms with E-state index in [1.165, 1.54) is 6.07 Å². The molecule has 1 aromatic heterocycles. The lowest BCUT2D eigenvalue weighted by molar-refractivity contribution is 0.187. The molecule has 2 heterocycles. The van der Waals surface area contributed by atoms with Gasteiger partial charge in [0.1, 0.15) is 18.2 Å². The quantitative estimate of drug-likeness (QED) is 0.940. The van der Waals surface area contributed by atoms with Crippen molar-refractivity contribution >= 4 is 6.03 Å². The fraction of sp³-hybridized carbons (Fsp3) is 0.412. The molecule has 2 aromatic rings. The van der Waals surface area contributed by atoms with Crippen LogP contribution in [-0.2, 0) is 13.1 Å². The van der Waals surface area contributed by atoms with Gasteiger partial charge in [0, 0.05) is 17.8 Å². The van der Waals surface area contributed by atoms with E-state index in [2.05, 4.69) is 10.4 Å². The fourth-order valence-corrected chi connectivity index (χ4v) is 2.57. The molecule has 0 radical (unpaired) electrons. The highest BCUT2D eigenvalue weighted by molar-refractivity contribution is 5.74. The summed E-state index contributed by atoms with van der Waals surface area (Å²) in [6, 6.07) is 6.60. The van der Waals surface area contributed by atoms with Crippen molar-refractivity contribution in [2.24, 2.45) is 0 Å². The van der Waals surface area contributed by atoms with Crippen LogP contribution < -0.4 is 10.1 Å². The Morgan fingerprint density at radius 1 is 1.42 bits per heavy atom. The molecule has 7 heteroatoms. The molecular weight excluding hydrogens is 311 g/mol. The maximum Gasteiger partial charge on any atom is 0.318 e. The molecular formula is C17H21FN4O2. The predicted molar refractivity (Wildman–Crippen MR) is 87.2 cm³/mol. The van der Waals surface area contributed by atoms with Crippen LogP contribution in [0.2, 0.25) is 0 Å². The van der Waals surface area contributed by atoms with Gasteiger partial charge in [0.25, 0.3) is 0 Å². The Kier molecular flexibility index (Phi) is 4.69. The zero-order valence-corrected chi connectivity index (χ0v) is 13.8. The van der Waals surface area contributed by atoms with Crippen molar-refractivity contribution in [3.8, 4) is 5.75 Å². The average molecular weight is 332 g/mol. The molecule has 1 aliphatic rings. The standard InChI is InChI=1S/C17H21FN4O2/c1-12(2)22-7-6-13(20-22)10-19-17(23)21-8-9-24-16-5-3-4-15(18)14(16)11-21/h3-7,12H,8-11H2,1-2H3,(H,19,23). The Morgan fingerprint density at radius 3 is 3.00 bits per heavy atom. The minimum absolute atomic E-state index is 0.189. The van der Waals surface area contributed by atoms with Gasteiger partial charge in [-0.2, -0.15) is 5.10 Å². The van der Waals surface area contributed by atoms with Crippen molar-refractivity contribution in [3.63, 3.8) is 0 Å². The molecule has 1 aromatic carbocycles. The van der Waals surface area contributed by atoms with E-state index in [-0.39, 0.29) is 24.4 Å². The zero-order chi connectivity index (χ0) is 17.1. The molecule has 0 spiro atoms. The van der Waals surface area contributed by atoms with E-state index >= 15 is 0 Å². The minimum atomic E-state index is -0.358. The van der Waals surface area contributed by atoms with Crippen molar-refractivity contribution in [2.45, 2.75) is 33.0 Å². The van der Waals surface area contributed by atoms with E-state index in [1.54, 1.807) is 17.0 Å². The number of nitrogens with zero attached hydrogens (tertiary/aromatic N) is 3. The smallest absolute Gasteiger partial charge is 0.318 e. The minimum Gasteiger partial charge on any atom is -0.491 e. The van der Waals surface area contributed by atoms with Crippen molar-refractivity contribution in [2.75, 3.05) is 13.2 Å². The van der Waals surface area contributed by atoms with Crippen LogP contribution in [0.3, 0.4) is 0 Å². The van der Waals surface area contributed by atoms with Crippen LogP contribution in [0, 0.1) is 5.82 Å². The first-order valence-corrected chi connectivity index (χ1v) is 8.01. The summed E-state index contributed by atoms with van der Waals surface area (Å²) in [6.45, 7) is 5.34. The summed E-state index contributed by atoms with van der Waals surface area (Å²) in [5, 5.41) is 7.23. The maximum absolute atomic E-state index is 14.0. The van der Waals surface area contributed by atoms with Gasteiger partial charge in [0.2, 0.25) is 0 Å². The molecule has 0 saturated carbocycles. The van der Waals surface area contributed by atoms with E-state index in [4.69, 9.17) is 4.74 Å². The van der Waals surface area contributed by atoms with Crippen LogP contribution >= 0.6 is 0 Å². The third-order valence-corrected chi connectivity index (χ3v) is 3.94. The molecule has 1 aliphatic heterocycles. The van der Waals surface area contributed by atoms with Crippen molar-refractivity contribution in [1.29, 1.82) is 0 Å². The van der Waals surface area contributed by atoms with E-state index in [0.717, 1.165) is 5.69 Å². The third kappa shape index (κ3) is 3.50. The highest BCUT2D eigenvalue weighted by Crippen LogP contribution is 2.25. The number of aromatic nitrogens is 2. The number of carbonyl (C=O) groups excluding carboxylic acids is 1. The molecule has 1 N–H and O–H groups in total. The first kappa shape index (κ1) is 16.3. The molecule has 0 fully saturated rings. The van der Waals surface area contributed by atoms with E-state index in [1.807, 2.05) is 30.8 Å². The predicted octanol–water partition coefficient (Wildman–Crippen LogP) is 2.71. The van der Waals surface area contributed by atoms with Crippen LogP contribution in [0.5, 0.6) is 5.75 Å². The number of halogens is 1. The van der Waals surface area contributed by atoms with Crippen LogP contribution in [0.1, 0.15) is 31.1 Å². The summed E-state index contributed by atoms with van der Waals surface area (Å²) in [6.07, 6.45) is 1.89. The van der Waals surface area contributed by atoms with Gasteiger partial charge >= 0.3 is 6.03 Å². The van der Waals surface area contributed by atoms with Gasteiger partial charge in [-0.05, 0) is 32.0 Å². The summed E-state index contributed by atoms with van der Waals surface area (Å²) >= 11 is 0. The largest absolute Gasteiger partial charge is 0.491 e. The Morgan fingerprint density at radius 2 is 2.25 bits per heavy atom. The van der Waals surface area contributed by atoms with Crippen LogP contribution in [0.25, 0.3) is 0 Å². The number of fused-ring (bicyclic) bond motifs is 1. The topological polar surface area (TPSA) is 59.4 Å². The second-order valence-electron chi connectivity index (χ2n) is 6.03. The number of carbonyl (C=O) groups is 1. The number of urea groups is 1. The molecule has 24 heavy (non-hydrogen) atoms. The van der Waals surface area contributed by atoms with Gasteiger partial charge in [-0.15, -0.1) is 0 Å². The van der Waals surface area contributed by atoms with E-state index in [9.17, 15) is 9.18 Å². The molecule has 0 aliphatic carbocycles. The molecule has 0 bridgehead atoms. The monoisotopic (exact) mass is 332 g/mol. The third-order valence-electron chi connectivity index (χ3n) is 3.94. The maximum atomic E-state index is 14.0. The van der Waals surface area contributed by atoms with Crippen LogP contribution in [0.15, 0.2) is 30.5 Å². The SMILES string of the molecule is CC(C)n1ccc(CNC(=O)N2CCOc3cccc(F)c3C2)n1. The lowest BCUT2D eigenvalue weighted by Crippen LogP contribution is -2.40. The molecule has 6 nitrogen and oxygen atoms in total. The lowest BCUT2D eigenvalue weighted by atomic mass is 10.2. The van der Waals surface area contributed by atoms with Gasteiger partial charge in [-0.3, -0.25) is 4.68 Å². The van der Waals surface area contributed by atoms with Gasteiger partial charge in [0.15, 0.2) is 0 Å². The Hall–Kier alpha value is -2.57. The summed E-state index contributed by atoms with van der Waals surface area (Å²) < 4.78 is 21.3. The summed E-state index contributed by atoms with van der Waals surface area (Å²) in [5.74, 6) is 0.142. The number of rotatable bonds is 3. The van der Waals surface area contributed by atoms with Crippen molar-refractivity contribution in [1.82, 2.24) is 20.0 Å². The second-order valence-corrected chi connectivity index (χ2v) is 6.03. The molecule has 128 valence electrons. The highest BCUT2D eigenvalue weighted by atomic mass is 19.1. The number of hydrogen-bond acceptors (Lipinski definition) is 3. The highest BCUT2D eigenvalue weighted by Gasteiger charge is 2.22. The molecule has 0 unspecified atom stereocenters. The fourth-order valence-electron chi connectivity index (χ4n) is 2.57. The Balaban J connectivity index is 1.63. The number of hydrogen-bond donors (Lipinski definition) is 1.